The normalized spacial score (nSPS) is 10.9. The van der Waals surface area contributed by atoms with E-state index < -0.39 is 0 Å². The Kier molecular flexibility index (Phi) is 6.75. The van der Waals surface area contributed by atoms with E-state index in [4.69, 9.17) is 10.00 Å². The Balaban J connectivity index is 3.22. The van der Waals surface area contributed by atoms with Crippen LogP contribution in [-0.2, 0) is 4.79 Å². The molecule has 20 heavy (non-hydrogen) atoms. The lowest BCUT2D eigenvalue weighted by Gasteiger charge is -2.11. The first-order chi connectivity index (χ1) is 9.40. The molecule has 4 nitrogen and oxygen atoms in total. The second-order valence-electron chi connectivity index (χ2n) is 4.12. The largest absolute Gasteiger partial charge is 0.492 e. The number of carbonyl (C=O) groups excluding carboxylic acids is 1. The Morgan fingerprint density at radius 1 is 1.40 bits per heavy atom. The molecule has 0 aliphatic rings. The van der Waals surface area contributed by atoms with Crippen molar-refractivity contribution >= 4 is 57.2 Å². The third kappa shape index (κ3) is 4.34. The number of halogens is 2. The standard InChI is InChI=1S/C14H14I2N2O2/c1-4-20-13-11(15)6-9(7-12(13)16)5-10(8-17)14(19)18(2)3/h5-7H,4H2,1-3H3/b10-5-. The van der Waals surface area contributed by atoms with Gasteiger partial charge in [-0.1, -0.05) is 0 Å². The predicted molar refractivity (Wildman–Crippen MR) is 95.3 cm³/mol. The number of ether oxygens (including phenoxy) is 1. The molecule has 0 fully saturated rings. The van der Waals surface area contributed by atoms with E-state index >= 15 is 0 Å². The second-order valence-corrected chi connectivity index (χ2v) is 6.44. The van der Waals surface area contributed by atoms with Crippen molar-refractivity contribution in [2.24, 2.45) is 0 Å². The number of carbonyl (C=O) groups is 1. The van der Waals surface area contributed by atoms with Crippen molar-refractivity contribution in [1.29, 1.82) is 5.26 Å². The number of rotatable bonds is 4. The van der Waals surface area contributed by atoms with Crippen LogP contribution in [0.4, 0.5) is 0 Å². The Morgan fingerprint density at radius 2 is 1.95 bits per heavy atom. The molecule has 6 heteroatoms. The van der Waals surface area contributed by atoms with E-state index in [1.807, 2.05) is 25.1 Å². The minimum absolute atomic E-state index is 0.116. The van der Waals surface area contributed by atoms with E-state index in [9.17, 15) is 4.79 Å². The van der Waals surface area contributed by atoms with E-state index in [1.165, 1.54) is 4.90 Å². The molecule has 0 heterocycles. The number of likely N-dealkylation sites (N-methyl/N-ethyl adjacent to an activating group) is 1. The molecule has 0 N–H and O–H groups in total. The van der Waals surface area contributed by atoms with Gasteiger partial charge in [-0.3, -0.25) is 4.79 Å². The maximum atomic E-state index is 11.8. The van der Waals surface area contributed by atoms with Gasteiger partial charge in [-0.25, -0.2) is 0 Å². The molecule has 1 aromatic rings. The summed E-state index contributed by atoms with van der Waals surface area (Å²) in [6.45, 7) is 2.53. The first-order valence-corrected chi connectivity index (χ1v) is 8.01. The highest BCUT2D eigenvalue weighted by Gasteiger charge is 2.13. The van der Waals surface area contributed by atoms with Gasteiger partial charge in [-0.2, -0.15) is 5.26 Å². The van der Waals surface area contributed by atoms with Gasteiger partial charge in [-0.05, 0) is 75.9 Å². The average molecular weight is 496 g/mol. The Bertz CT molecular complexity index is 566. The minimum atomic E-state index is -0.300. The van der Waals surface area contributed by atoms with Gasteiger partial charge in [0.05, 0.1) is 13.7 Å². The van der Waals surface area contributed by atoms with E-state index in [0.29, 0.717) is 6.61 Å². The van der Waals surface area contributed by atoms with Crippen molar-refractivity contribution in [3.05, 3.63) is 30.4 Å². The van der Waals surface area contributed by atoms with Crippen molar-refractivity contribution in [3.8, 4) is 11.8 Å². The summed E-state index contributed by atoms with van der Waals surface area (Å²) >= 11 is 4.37. The number of hydrogen-bond acceptors (Lipinski definition) is 3. The van der Waals surface area contributed by atoms with Crippen molar-refractivity contribution < 1.29 is 9.53 Å². The fourth-order valence-electron chi connectivity index (χ4n) is 1.49. The molecule has 0 spiro atoms. The van der Waals surface area contributed by atoms with E-state index in [-0.39, 0.29) is 11.5 Å². The highest BCUT2D eigenvalue weighted by molar-refractivity contribution is 14.1. The molecule has 0 saturated carbocycles. The summed E-state index contributed by atoms with van der Waals surface area (Å²) in [5.41, 5.74) is 0.930. The summed E-state index contributed by atoms with van der Waals surface area (Å²) in [5.74, 6) is 0.537. The fraction of sp³-hybridized carbons (Fsp3) is 0.286. The number of benzene rings is 1. The van der Waals surface area contributed by atoms with E-state index in [1.54, 1.807) is 20.2 Å². The van der Waals surface area contributed by atoms with Crippen LogP contribution in [0.5, 0.6) is 5.75 Å². The van der Waals surface area contributed by atoms with Crippen LogP contribution in [-0.4, -0.2) is 31.5 Å². The summed E-state index contributed by atoms with van der Waals surface area (Å²) in [7, 11) is 3.25. The highest BCUT2D eigenvalue weighted by Crippen LogP contribution is 2.29. The monoisotopic (exact) mass is 496 g/mol. The third-order valence-electron chi connectivity index (χ3n) is 2.38. The molecule has 0 unspecified atom stereocenters. The van der Waals surface area contributed by atoms with Crippen LogP contribution >= 0.6 is 45.2 Å². The molecule has 0 radical (unpaired) electrons. The molecule has 0 aliphatic heterocycles. The Labute approximate surface area is 146 Å². The molecular weight excluding hydrogens is 482 g/mol. The van der Waals surface area contributed by atoms with E-state index in [0.717, 1.165) is 18.5 Å². The van der Waals surface area contributed by atoms with Crippen molar-refractivity contribution in [3.63, 3.8) is 0 Å². The van der Waals surface area contributed by atoms with E-state index in [2.05, 4.69) is 45.2 Å². The van der Waals surface area contributed by atoms with Gasteiger partial charge in [0.25, 0.3) is 5.91 Å². The van der Waals surface area contributed by atoms with Crippen LogP contribution in [0.2, 0.25) is 0 Å². The van der Waals surface area contributed by atoms with Gasteiger partial charge < -0.3 is 9.64 Å². The lowest BCUT2D eigenvalue weighted by atomic mass is 10.1. The van der Waals surface area contributed by atoms with Crippen molar-refractivity contribution in [2.45, 2.75) is 6.92 Å². The minimum Gasteiger partial charge on any atom is -0.492 e. The molecule has 0 bridgehead atoms. The van der Waals surface area contributed by atoms with Gasteiger partial charge in [0.15, 0.2) is 0 Å². The highest BCUT2D eigenvalue weighted by atomic mass is 127. The molecule has 106 valence electrons. The zero-order chi connectivity index (χ0) is 15.3. The Hall–Kier alpha value is -0.820. The van der Waals surface area contributed by atoms with Crippen molar-refractivity contribution in [2.75, 3.05) is 20.7 Å². The average Bonchev–Trinajstić information content (AvgIpc) is 2.39. The summed E-state index contributed by atoms with van der Waals surface area (Å²) in [6, 6.07) is 5.74. The summed E-state index contributed by atoms with van der Waals surface area (Å²) in [4.78, 5) is 13.2. The molecule has 0 aromatic heterocycles. The number of amides is 1. The number of nitriles is 1. The molecule has 1 aromatic carbocycles. The van der Waals surface area contributed by atoms with Crippen LogP contribution in [0.15, 0.2) is 17.7 Å². The second kappa shape index (κ2) is 7.83. The van der Waals surface area contributed by atoms with Crippen LogP contribution in [0, 0.1) is 18.5 Å². The first-order valence-electron chi connectivity index (χ1n) is 5.86. The first kappa shape index (κ1) is 17.2. The molecule has 1 amide bonds. The Morgan fingerprint density at radius 3 is 2.35 bits per heavy atom. The summed E-state index contributed by atoms with van der Waals surface area (Å²) in [6.07, 6.45) is 1.60. The van der Waals surface area contributed by atoms with Gasteiger partial charge in [-0.15, -0.1) is 0 Å². The van der Waals surface area contributed by atoms with Crippen molar-refractivity contribution in [1.82, 2.24) is 4.90 Å². The quantitative estimate of drug-likeness (QED) is 0.366. The molecular formula is C14H14I2N2O2. The SMILES string of the molecule is CCOc1c(I)cc(/C=C(/C#N)C(=O)N(C)C)cc1I. The summed E-state index contributed by atoms with van der Waals surface area (Å²) < 4.78 is 7.48. The topological polar surface area (TPSA) is 53.3 Å². The zero-order valence-electron chi connectivity index (χ0n) is 11.4. The lowest BCUT2D eigenvalue weighted by molar-refractivity contribution is -0.124. The van der Waals surface area contributed by atoms with Crippen LogP contribution in [0.1, 0.15) is 12.5 Å². The fourth-order valence-corrected chi connectivity index (χ4v) is 3.62. The zero-order valence-corrected chi connectivity index (χ0v) is 15.7. The molecule has 0 atom stereocenters. The lowest BCUT2D eigenvalue weighted by Crippen LogP contribution is -2.22. The van der Waals surface area contributed by atoms with Gasteiger partial charge in [0.2, 0.25) is 0 Å². The van der Waals surface area contributed by atoms with Crippen LogP contribution in [0.25, 0.3) is 6.08 Å². The van der Waals surface area contributed by atoms with Gasteiger partial charge in [0, 0.05) is 14.1 Å². The third-order valence-corrected chi connectivity index (χ3v) is 3.98. The number of nitrogens with zero attached hydrogens (tertiary/aromatic N) is 2. The molecule has 0 saturated heterocycles. The maximum absolute atomic E-state index is 11.8. The maximum Gasteiger partial charge on any atom is 0.264 e. The van der Waals surface area contributed by atoms with Gasteiger partial charge in [0.1, 0.15) is 17.4 Å². The van der Waals surface area contributed by atoms with Crippen LogP contribution in [0.3, 0.4) is 0 Å². The number of hydrogen-bond donors (Lipinski definition) is 0. The summed E-state index contributed by atoms with van der Waals surface area (Å²) in [5, 5.41) is 9.09. The molecule has 1 rings (SSSR count). The van der Waals surface area contributed by atoms with Crippen LogP contribution < -0.4 is 4.74 Å². The molecule has 0 aliphatic carbocycles. The smallest absolute Gasteiger partial charge is 0.264 e. The predicted octanol–water partition coefficient (Wildman–Crippen LogP) is 3.29. The van der Waals surface area contributed by atoms with Gasteiger partial charge >= 0.3 is 0 Å².